The zero-order valence-electron chi connectivity index (χ0n) is 37.9. The SMILES string of the molecule is C#Cc1ccc2[nH]c3c(c2c1)CCN(C)C[C@H](CC(C)C(C)(F)F)C[C@]3(C(=O)OC)C1C=C2C(=CC1OC)N(C)[C@H]1[C@@](O)(C(=O)OC)[C@H](OC(C)=O)[C@]3(CC)C=CCN4CC[C@]21[C@@H]43. The molecule has 1 saturated carbocycles. The quantitative estimate of drug-likeness (QED) is 0.146. The second-order valence-corrected chi connectivity index (χ2v) is 19.3. The second kappa shape index (κ2) is 15.9. The van der Waals surface area contributed by atoms with Crippen LogP contribution < -0.4 is 0 Å². The highest BCUT2D eigenvalue weighted by atomic mass is 19.3. The molecule has 63 heavy (non-hydrogen) atoms. The number of alkyl halides is 2. The van der Waals surface area contributed by atoms with E-state index >= 15 is 13.6 Å². The number of halogens is 2. The summed E-state index contributed by atoms with van der Waals surface area (Å²) in [4.78, 5) is 53.1. The number of methoxy groups -OCH3 is 3. The number of aromatic nitrogens is 1. The van der Waals surface area contributed by atoms with Crippen LogP contribution in [0.3, 0.4) is 0 Å². The fourth-order valence-corrected chi connectivity index (χ4v) is 13.5. The number of nitrogens with zero attached hydrogens (tertiary/aromatic N) is 3. The van der Waals surface area contributed by atoms with E-state index in [0.717, 1.165) is 29.0 Å². The monoisotopic (exact) mass is 872 g/mol. The number of hydrogen-bond acceptors (Lipinski definition) is 11. The fraction of sp³-hybridized carbons (Fsp3) is 0.612. The molecule has 2 N–H and O–H groups in total. The van der Waals surface area contributed by atoms with Crippen molar-refractivity contribution in [3.8, 4) is 12.3 Å². The molecule has 2 aliphatic carbocycles. The smallest absolute Gasteiger partial charge is 0.344 e. The van der Waals surface area contributed by atoms with Crippen LogP contribution in [0.15, 0.2) is 53.8 Å². The molecule has 6 aliphatic rings. The lowest BCUT2D eigenvalue weighted by Gasteiger charge is -2.63. The van der Waals surface area contributed by atoms with Crippen LogP contribution in [-0.2, 0) is 45.2 Å². The summed E-state index contributed by atoms with van der Waals surface area (Å²) in [6, 6.07) is 4.36. The van der Waals surface area contributed by atoms with Crippen molar-refractivity contribution >= 4 is 28.8 Å². The lowest BCUT2D eigenvalue weighted by Crippen LogP contribution is -2.79. The Kier molecular flexibility index (Phi) is 11.3. The normalized spacial score (nSPS) is 35.7. The maximum Gasteiger partial charge on any atom is 0.344 e. The van der Waals surface area contributed by atoms with Crippen molar-refractivity contribution in [3.05, 3.63) is 70.6 Å². The minimum absolute atomic E-state index is 0.131. The van der Waals surface area contributed by atoms with Gasteiger partial charge in [-0.1, -0.05) is 38.0 Å². The third-order valence-corrected chi connectivity index (χ3v) is 16.1. The molecule has 0 radical (unpaired) electrons. The maximum absolute atomic E-state index is 15.5. The Bertz CT molecular complexity index is 2330. The van der Waals surface area contributed by atoms with E-state index < -0.39 is 81.7 Å². The van der Waals surface area contributed by atoms with E-state index in [1.165, 1.54) is 21.1 Å². The van der Waals surface area contributed by atoms with E-state index in [9.17, 15) is 14.7 Å². The minimum Gasteiger partial charge on any atom is -0.468 e. The molecule has 1 spiro atoms. The van der Waals surface area contributed by atoms with Gasteiger partial charge in [0, 0.05) is 97.3 Å². The number of hydrogen-bond donors (Lipinski definition) is 2. The van der Waals surface area contributed by atoms with Crippen LogP contribution in [0.5, 0.6) is 0 Å². The van der Waals surface area contributed by atoms with Crippen LogP contribution >= 0.6 is 0 Å². The highest BCUT2D eigenvalue weighted by Gasteiger charge is 2.81. The molecule has 0 amide bonds. The highest BCUT2D eigenvalue weighted by molar-refractivity contribution is 5.92. The number of benzene rings is 1. The molecule has 1 aromatic heterocycles. The molecule has 5 heterocycles. The van der Waals surface area contributed by atoms with Gasteiger partial charge in [-0.3, -0.25) is 14.5 Å². The topological polar surface area (TPSA) is 134 Å². The summed E-state index contributed by atoms with van der Waals surface area (Å²) in [6.07, 6.45) is 13.7. The summed E-state index contributed by atoms with van der Waals surface area (Å²) >= 11 is 0. The summed E-state index contributed by atoms with van der Waals surface area (Å²) in [6.45, 7) is 8.01. The second-order valence-electron chi connectivity index (χ2n) is 19.3. The van der Waals surface area contributed by atoms with Crippen LogP contribution in [0, 0.1) is 40.9 Å². The van der Waals surface area contributed by atoms with Gasteiger partial charge in [0.15, 0.2) is 6.10 Å². The summed E-state index contributed by atoms with van der Waals surface area (Å²) in [7, 11) is 7.98. The largest absolute Gasteiger partial charge is 0.468 e. The summed E-state index contributed by atoms with van der Waals surface area (Å²) in [5.41, 5.74) is -1.42. The number of aliphatic hydroxyl groups is 1. The van der Waals surface area contributed by atoms with Gasteiger partial charge >= 0.3 is 17.9 Å². The van der Waals surface area contributed by atoms with Gasteiger partial charge < -0.3 is 38.8 Å². The molecule has 0 bridgehead atoms. The molecule has 340 valence electrons. The third kappa shape index (κ3) is 6.38. The first-order valence-corrected chi connectivity index (χ1v) is 22.2. The first kappa shape index (κ1) is 45.0. The summed E-state index contributed by atoms with van der Waals surface area (Å²) in [5.74, 6) is -4.51. The van der Waals surface area contributed by atoms with Crippen molar-refractivity contribution in [3.63, 3.8) is 0 Å². The lowest BCUT2D eigenvalue weighted by molar-refractivity contribution is -0.243. The number of fused-ring (bicyclic) bond motifs is 4. The first-order chi connectivity index (χ1) is 29.8. The number of nitrogens with one attached hydrogen (secondary N) is 1. The van der Waals surface area contributed by atoms with Gasteiger partial charge in [-0.2, -0.15) is 0 Å². The van der Waals surface area contributed by atoms with E-state index in [4.69, 9.17) is 25.4 Å². The minimum atomic E-state index is -2.97. The predicted molar refractivity (Wildman–Crippen MR) is 232 cm³/mol. The number of terminal acetylenes is 1. The molecule has 12 nitrogen and oxygen atoms in total. The average Bonchev–Trinajstić information content (AvgIpc) is 3.92. The van der Waals surface area contributed by atoms with Gasteiger partial charge in [-0.05, 0) is 93.9 Å². The molecule has 1 aromatic carbocycles. The Balaban J connectivity index is 1.44. The van der Waals surface area contributed by atoms with E-state index in [-0.39, 0.29) is 18.9 Å². The third-order valence-electron chi connectivity index (χ3n) is 16.1. The number of H-pyrrole nitrogens is 1. The number of carbonyl (C=O) groups is 3. The zero-order chi connectivity index (χ0) is 45.6. The van der Waals surface area contributed by atoms with Gasteiger partial charge in [-0.25, -0.2) is 13.6 Å². The number of rotatable bonds is 9. The number of aromatic amines is 1. The van der Waals surface area contributed by atoms with E-state index in [1.54, 1.807) is 14.0 Å². The number of ether oxygens (including phenoxy) is 4. The summed E-state index contributed by atoms with van der Waals surface area (Å²) < 4.78 is 54.4. The van der Waals surface area contributed by atoms with Gasteiger partial charge in [0.05, 0.1) is 26.4 Å². The van der Waals surface area contributed by atoms with Crippen LogP contribution in [0.4, 0.5) is 8.78 Å². The fourth-order valence-electron chi connectivity index (χ4n) is 13.5. The molecular weight excluding hydrogens is 811 g/mol. The van der Waals surface area contributed by atoms with Crippen molar-refractivity contribution in [2.75, 3.05) is 61.6 Å². The molecule has 2 saturated heterocycles. The van der Waals surface area contributed by atoms with E-state index in [1.807, 2.05) is 62.3 Å². The molecule has 8 rings (SSSR count). The molecule has 4 aliphatic heterocycles. The van der Waals surface area contributed by atoms with E-state index in [2.05, 4.69) is 26.8 Å². The van der Waals surface area contributed by atoms with Gasteiger partial charge in [-0.15, -0.1) is 6.42 Å². The Labute approximate surface area is 369 Å². The van der Waals surface area contributed by atoms with E-state index in [0.29, 0.717) is 62.4 Å². The number of likely N-dealkylation sites (tertiary alicyclic amines) is 1. The van der Waals surface area contributed by atoms with Gasteiger partial charge in [0.25, 0.3) is 0 Å². The first-order valence-electron chi connectivity index (χ1n) is 22.2. The molecule has 11 atom stereocenters. The van der Waals surface area contributed by atoms with Crippen LogP contribution in [0.25, 0.3) is 10.9 Å². The predicted octanol–water partition coefficient (Wildman–Crippen LogP) is 5.38. The van der Waals surface area contributed by atoms with Gasteiger partial charge in [0.2, 0.25) is 11.5 Å². The van der Waals surface area contributed by atoms with Crippen molar-refractivity contribution in [2.45, 2.75) is 101 Å². The Morgan fingerprint density at radius 2 is 1.83 bits per heavy atom. The van der Waals surface area contributed by atoms with Gasteiger partial charge in [0.1, 0.15) is 5.41 Å². The number of carbonyl (C=O) groups excluding carboxylic acids is 3. The highest BCUT2D eigenvalue weighted by Crippen LogP contribution is 2.70. The zero-order valence-corrected chi connectivity index (χ0v) is 37.9. The number of likely N-dealkylation sites (N-methyl/N-ethyl adjacent to an activating group) is 2. The van der Waals surface area contributed by atoms with Crippen LogP contribution in [-0.4, -0.2) is 140 Å². The summed E-state index contributed by atoms with van der Waals surface area (Å²) in [5, 5.41) is 14.2. The molecule has 2 aromatic rings. The lowest BCUT2D eigenvalue weighted by atomic mass is 9.47. The molecule has 3 fully saturated rings. The van der Waals surface area contributed by atoms with Crippen LogP contribution in [0.1, 0.15) is 70.2 Å². The van der Waals surface area contributed by atoms with Crippen molar-refractivity contribution < 1.29 is 47.2 Å². The van der Waals surface area contributed by atoms with Crippen molar-refractivity contribution in [2.24, 2.45) is 28.6 Å². The molecule has 14 heteroatoms. The Morgan fingerprint density at radius 3 is 2.46 bits per heavy atom. The van der Waals surface area contributed by atoms with Crippen molar-refractivity contribution in [1.29, 1.82) is 0 Å². The van der Waals surface area contributed by atoms with Crippen molar-refractivity contribution in [1.82, 2.24) is 19.7 Å². The Hall–Kier alpha value is -4.55. The Morgan fingerprint density at radius 1 is 1.10 bits per heavy atom. The average molecular weight is 873 g/mol. The number of allylic oxidation sites excluding steroid dienone is 1. The number of esters is 3. The maximum atomic E-state index is 15.5. The molecule has 3 unspecified atom stereocenters. The molecular formula is C49H62F2N4O8. The standard InChI is InChI=1S/C49H62F2N4O8/c1-11-30-14-15-36-33(23-30)32-16-20-53(6)27-31(22-28(3)45(5,50)51)26-48(39(32)52-36,43(57)61-9)35-24-34-37(25-38(35)60-8)54(7)41-47(34)18-21-55-19-13-17-46(12-2,40(47)55)42(63-29(4)56)49(41,59)44(58)62-10/h1,13-15,17,23-25,28,31,35,38,40-42,52,59H,12,16,18-22,26-27H2,2-10H3/t28?,31-,35?,38?,40+,41-,42-,46-,47-,48+,49+/m1/s1. The van der Waals surface area contributed by atoms with Crippen LogP contribution in [0.2, 0.25) is 0 Å².